The van der Waals surface area contributed by atoms with Crippen LogP contribution < -0.4 is 5.32 Å². The Bertz CT molecular complexity index is 275. The molecule has 1 aliphatic heterocycles. The SMILES string of the molecule is C[C@@H]1CNCCN1Cc1cccnn1. The topological polar surface area (TPSA) is 41.0 Å². The molecule has 1 fully saturated rings. The van der Waals surface area contributed by atoms with Gasteiger partial charge in [0.1, 0.15) is 0 Å². The maximum absolute atomic E-state index is 4.10. The second-order valence-corrected chi connectivity index (χ2v) is 3.74. The molecule has 1 atom stereocenters. The first-order valence-electron chi connectivity index (χ1n) is 5.07. The van der Waals surface area contributed by atoms with Gasteiger partial charge in [0.25, 0.3) is 0 Å². The van der Waals surface area contributed by atoms with Gasteiger partial charge >= 0.3 is 0 Å². The van der Waals surface area contributed by atoms with Crippen molar-refractivity contribution in [3.05, 3.63) is 24.0 Å². The lowest BCUT2D eigenvalue weighted by molar-refractivity contribution is 0.163. The minimum atomic E-state index is 0.589. The third-order valence-corrected chi connectivity index (χ3v) is 2.63. The molecular formula is C10H16N4. The lowest BCUT2D eigenvalue weighted by Gasteiger charge is -2.33. The monoisotopic (exact) mass is 192 g/mol. The fourth-order valence-corrected chi connectivity index (χ4v) is 1.74. The zero-order chi connectivity index (χ0) is 9.80. The van der Waals surface area contributed by atoms with Gasteiger partial charge in [-0.05, 0) is 19.1 Å². The van der Waals surface area contributed by atoms with Crippen molar-refractivity contribution in [3.8, 4) is 0 Å². The Labute approximate surface area is 84.3 Å². The van der Waals surface area contributed by atoms with Gasteiger partial charge in [-0.3, -0.25) is 4.90 Å². The molecule has 1 aliphatic rings. The van der Waals surface area contributed by atoms with Crippen molar-refractivity contribution in [2.24, 2.45) is 0 Å². The number of aromatic nitrogens is 2. The molecule has 0 radical (unpaired) electrons. The van der Waals surface area contributed by atoms with Crippen LogP contribution in [-0.4, -0.2) is 40.8 Å². The van der Waals surface area contributed by atoms with Crippen molar-refractivity contribution in [1.29, 1.82) is 0 Å². The van der Waals surface area contributed by atoms with Gasteiger partial charge in [0.15, 0.2) is 0 Å². The average Bonchev–Trinajstić information content (AvgIpc) is 2.23. The summed E-state index contributed by atoms with van der Waals surface area (Å²) in [6.45, 7) is 6.39. The second kappa shape index (κ2) is 4.48. The standard InChI is InChI=1S/C10H16N4/c1-9-7-11-5-6-14(9)8-10-3-2-4-12-13-10/h2-4,9,11H,5-8H2,1H3/t9-/m1/s1. The van der Waals surface area contributed by atoms with Crippen LogP contribution in [0.2, 0.25) is 0 Å². The third-order valence-electron chi connectivity index (χ3n) is 2.63. The Balaban J connectivity index is 1.96. The number of hydrogen-bond donors (Lipinski definition) is 1. The fraction of sp³-hybridized carbons (Fsp3) is 0.600. The number of rotatable bonds is 2. The van der Waals surface area contributed by atoms with E-state index in [1.54, 1.807) is 6.20 Å². The van der Waals surface area contributed by atoms with Crippen molar-refractivity contribution < 1.29 is 0 Å². The van der Waals surface area contributed by atoms with Crippen LogP contribution in [-0.2, 0) is 6.54 Å². The smallest absolute Gasteiger partial charge is 0.0771 e. The molecule has 1 N–H and O–H groups in total. The summed E-state index contributed by atoms with van der Waals surface area (Å²) in [5.74, 6) is 0. The predicted octanol–water partition coefficient (Wildman–Crippen LogP) is 0.270. The van der Waals surface area contributed by atoms with Crippen LogP contribution in [0.1, 0.15) is 12.6 Å². The van der Waals surface area contributed by atoms with Crippen LogP contribution in [0.25, 0.3) is 0 Å². The van der Waals surface area contributed by atoms with Gasteiger partial charge in [-0.15, -0.1) is 0 Å². The molecule has 0 amide bonds. The summed E-state index contributed by atoms with van der Waals surface area (Å²) >= 11 is 0. The summed E-state index contributed by atoms with van der Waals surface area (Å²) in [6.07, 6.45) is 1.71. The highest BCUT2D eigenvalue weighted by Gasteiger charge is 2.17. The van der Waals surface area contributed by atoms with E-state index in [0.717, 1.165) is 31.9 Å². The van der Waals surface area contributed by atoms with Crippen molar-refractivity contribution >= 4 is 0 Å². The highest BCUT2D eigenvalue weighted by atomic mass is 15.2. The summed E-state index contributed by atoms with van der Waals surface area (Å²) in [4.78, 5) is 2.43. The van der Waals surface area contributed by atoms with Crippen LogP contribution in [0.4, 0.5) is 0 Å². The number of piperazine rings is 1. The van der Waals surface area contributed by atoms with Gasteiger partial charge in [-0.2, -0.15) is 10.2 Å². The van der Waals surface area contributed by atoms with Crippen molar-refractivity contribution in [2.75, 3.05) is 19.6 Å². The van der Waals surface area contributed by atoms with Crippen molar-refractivity contribution in [3.63, 3.8) is 0 Å². The highest BCUT2D eigenvalue weighted by Crippen LogP contribution is 2.06. The van der Waals surface area contributed by atoms with Crippen LogP contribution >= 0.6 is 0 Å². The first-order valence-corrected chi connectivity index (χ1v) is 5.07. The predicted molar refractivity (Wildman–Crippen MR) is 54.8 cm³/mol. The molecule has 0 saturated carbocycles. The Hall–Kier alpha value is -1.00. The number of hydrogen-bond acceptors (Lipinski definition) is 4. The van der Waals surface area contributed by atoms with E-state index in [-0.39, 0.29) is 0 Å². The minimum Gasteiger partial charge on any atom is -0.314 e. The van der Waals surface area contributed by atoms with E-state index in [9.17, 15) is 0 Å². The molecule has 14 heavy (non-hydrogen) atoms. The Morgan fingerprint density at radius 2 is 2.57 bits per heavy atom. The molecule has 4 heteroatoms. The molecule has 1 aromatic heterocycles. The van der Waals surface area contributed by atoms with Crippen LogP contribution in [0, 0.1) is 0 Å². The molecule has 0 aromatic carbocycles. The summed E-state index contributed by atoms with van der Waals surface area (Å²) in [5.41, 5.74) is 1.06. The lowest BCUT2D eigenvalue weighted by atomic mass is 10.2. The molecule has 1 saturated heterocycles. The Kier molecular flexibility index (Phi) is 3.06. The molecule has 2 heterocycles. The largest absolute Gasteiger partial charge is 0.314 e. The summed E-state index contributed by atoms with van der Waals surface area (Å²) in [6, 6.07) is 4.56. The van der Waals surface area contributed by atoms with E-state index in [2.05, 4.69) is 27.3 Å². The molecule has 0 bridgehead atoms. The summed E-state index contributed by atoms with van der Waals surface area (Å²) < 4.78 is 0. The molecule has 1 aromatic rings. The van der Waals surface area contributed by atoms with Crippen molar-refractivity contribution in [2.45, 2.75) is 19.5 Å². The first-order chi connectivity index (χ1) is 6.86. The maximum Gasteiger partial charge on any atom is 0.0771 e. The van der Waals surface area contributed by atoms with Gasteiger partial charge in [0.2, 0.25) is 0 Å². The van der Waals surface area contributed by atoms with Gasteiger partial charge in [0.05, 0.1) is 5.69 Å². The van der Waals surface area contributed by atoms with Crippen molar-refractivity contribution in [1.82, 2.24) is 20.4 Å². The molecular weight excluding hydrogens is 176 g/mol. The number of nitrogens with zero attached hydrogens (tertiary/aromatic N) is 3. The molecule has 0 aliphatic carbocycles. The van der Waals surface area contributed by atoms with Gasteiger partial charge in [0, 0.05) is 38.4 Å². The summed E-state index contributed by atoms with van der Waals surface area (Å²) in [7, 11) is 0. The zero-order valence-corrected chi connectivity index (χ0v) is 8.48. The van der Waals surface area contributed by atoms with E-state index in [1.165, 1.54) is 0 Å². The molecule has 0 spiro atoms. The molecule has 2 rings (SSSR count). The van der Waals surface area contributed by atoms with Gasteiger partial charge in [-0.1, -0.05) is 0 Å². The fourth-order valence-electron chi connectivity index (χ4n) is 1.74. The normalized spacial score (nSPS) is 23.6. The first kappa shape index (κ1) is 9.55. The summed E-state index contributed by atoms with van der Waals surface area (Å²) in [5, 5.41) is 11.4. The molecule has 4 nitrogen and oxygen atoms in total. The van der Waals surface area contributed by atoms with E-state index < -0.39 is 0 Å². The lowest BCUT2D eigenvalue weighted by Crippen LogP contribution is -2.49. The quantitative estimate of drug-likeness (QED) is 0.730. The zero-order valence-electron chi connectivity index (χ0n) is 8.48. The molecule has 0 unspecified atom stereocenters. The molecule has 76 valence electrons. The second-order valence-electron chi connectivity index (χ2n) is 3.74. The van der Waals surface area contributed by atoms with Gasteiger partial charge in [-0.25, -0.2) is 0 Å². The highest BCUT2D eigenvalue weighted by molar-refractivity contribution is 4.99. The van der Waals surface area contributed by atoms with E-state index in [0.29, 0.717) is 6.04 Å². The van der Waals surface area contributed by atoms with Crippen LogP contribution in [0.15, 0.2) is 18.3 Å². The maximum atomic E-state index is 4.10. The van der Waals surface area contributed by atoms with E-state index in [4.69, 9.17) is 0 Å². The Morgan fingerprint density at radius 3 is 3.29 bits per heavy atom. The van der Waals surface area contributed by atoms with E-state index in [1.807, 2.05) is 12.1 Å². The average molecular weight is 192 g/mol. The van der Waals surface area contributed by atoms with E-state index >= 15 is 0 Å². The third kappa shape index (κ3) is 2.27. The van der Waals surface area contributed by atoms with Crippen LogP contribution in [0.3, 0.4) is 0 Å². The number of nitrogens with one attached hydrogen (secondary N) is 1. The Morgan fingerprint density at radius 1 is 1.64 bits per heavy atom. The minimum absolute atomic E-state index is 0.589. The van der Waals surface area contributed by atoms with Crippen LogP contribution in [0.5, 0.6) is 0 Å². The van der Waals surface area contributed by atoms with Gasteiger partial charge < -0.3 is 5.32 Å².